The van der Waals surface area contributed by atoms with Crippen LogP contribution < -0.4 is 5.32 Å². The van der Waals surface area contributed by atoms with Crippen molar-refractivity contribution in [2.45, 2.75) is 53.2 Å². The molecule has 28 heavy (non-hydrogen) atoms. The normalized spacial score (nSPS) is 21.4. The Morgan fingerprint density at radius 2 is 1.75 bits per heavy atom. The van der Waals surface area contributed by atoms with Gasteiger partial charge in [-0.25, -0.2) is 0 Å². The van der Waals surface area contributed by atoms with E-state index in [4.69, 9.17) is 30.5 Å². The van der Waals surface area contributed by atoms with Crippen LogP contribution in [0.5, 0.6) is 0 Å². The highest BCUT2D eigenvalue weighted by molar-refractivity contribution is 6.30. The van der Waals surface area contributed by atoms with Gasteiger partial charge in [-0.2, -0.15) is 0 Å². The van der Waals surface area contributed by atoms with Crippen LogP contribution in [0, 0.1) is 5.92 Å². The molecule has 0 bridgehead atoms. The molecule has 1 aliphatic rings. The molecule has 0 aliphatic carbocycles. The van der Waals surface area contributed by atoms with Crippen LogP contribution in [0.25, 0.3) is 0 Å². The number of halogens is 1. The van der Waals surface area contributed by atoms with Crippen molar-refractivity contribution < 1.29 is 23.7 Å². The summed E-state index contributed by atoms with van der Waals surface area (Å²) in [5.74, 6) is -1.41. The zero-order valence-electron chi connectivity index (χ0n) is 17.2. The molecule has 1 amide bonds. The number of carbonyl (C=O) groups excluding carboxylic acids is 1. The second-order valence-electron chi connectivity index (χ2n) is 6.52. The molecule has 156 valence electrons. The number of hydrogen-bond acceptors (Lipinski definition) is 5. The highest BCUT2D eigenvalue weighted by atomic mass is 35.5. The van der Waals surface area contributed by atoms with E-state index in [0.29, 0.717) is 42.7 Å². The van der Waals surface area contributed by atoms with Gasteiger partial charge in [0.05, 0.1) is 24.7 Å². The molecule has 7 heteroatoms. The lowest BCUT2D eigenvalue weighted by molar-refractivity contribution is -0.401. The first-order chi connectivity index (χ1) is 13.4. The lowest BCUT2D eigenvalue weighted by Crippen LogP contribution is -2.55. The van der Waals surface area contributed by atoms with E-state index in [2.05, 4.69) is 5.32 Å². The van der Waals surface area contributed by atoms with E-state index in [1.807, 2.05) is 39.8 Å². The number of hydrogen-bond donors (Lipinski definition) is 1. The van der Waals surface area contributed by atoms with Gasteiger partial charge in [0.25, 0.3) is 5.91 Å². The maximum absolute atomic E-state index is 13.0. The summed E-state index contributed by atoms with van der Waals surface area (Å²) in [6, 6.07) is 7.33. The molecule has 1 aliphatic heterocycles. The number of nitrogens with one attached hydrogen (secondary N) is 1. The van der Waals surface area contributed by atoms with Crippen molar-refractivity contribution >= 4 is 17.5 Å². The van der Waals surface area contributed by atoms with Crippen LogP contribution in [0.1, 0.15) is 40.2 Å². The van der Waals surface area contributed by atoms with E-state index in [1.165, 1.54) is 0 Å². The summed E-state index contributed by atoms with van der Waals surface area (Å²) >= 11 is 5.91. The highest BCUT2D eigenvalue weighted by Crippen LogP contribution is 2.40. The first-order valence-corrected chi connectivity index (χ1v) is 10.1. The first kappa shape index (κ1) is 22.7. The van der Waals surface area contributed by atoms with E-state index >= 15 is 0 Å². The summed E-state index contributed by atoms with van der Waals surface area (Å²) < 4.78 is 23.6. The topological polar surface area (TPSA) is 66.0 Å². The zero-order valence-corrected chi connectivity index (χ0v) is 18.0. The predicted octanol–water partition coefficient (Wildman–Crippen LogP) is 4.03. The molecular formula is C21H30ClNO5. The van der Waals surface area contributed by atoms with Gasteiger partial charge in [0.1, 0.15) is 11.9 Å². The molecule has 0 saturated carbocycles. The second-order valence-corrected chi connectivity index (χ2v) is 6.95. The summed E-state index contributed by atoms with van der Waals surface area (Å²) in [7, 11) is 0. The fourth-order valence-corrected chi connectivity index (χ4v) is 3.47. The standard InChI is InChI=1S/C21H30ClNO5/c1-6-25-19-14(4)21(26-7-2,27-8-3)28-15(5)18(19)20(24)23-13-16-9-11-17(22)12-10-16/h9-12,14,19H,6-8,13H2,1-5H3,(H,23,24)/t14-,19+/m0/s1. The summed E-state index contributed by atoms with van der Waals surface area (Å²) in [6.45, 7) is 10.9. The van der Waals surface area contributed by atoms with Crippen LogP contribution in [-0.4, -0.2) is 37.8 Å². The van der Waals surface area contributed by atoms with Crippen LogP contribution >= 0.6 is 11.6 Å². The summed E-state index contributed by atoms with van der Waals surface area (Å²) in [4.78, 5) is 13.0. The van der Waals surface area contributed by atoms with Gasteiger partial charge in [0.15, 0.2) is 0 Å². The van der Waals surface area contributed by atoms with Crippen molar-refractivity contribution in [3.8, 4) is 0 Å². The van der Waals surface area contributed by atoms with Gasteiger partial charge in [0.2, 0.25) is 0 Å². The molecule has 0 unspecified atom stereocenters. The van der Waals surface area contributed by atoms with E-state index in [-0.39, 0.29) is 11.8 Å². The molecule has 0 fully saturated rings. The molecule has 1 N–H and O–H groups in total. The van der Waals surface area contributed by atoms with Gasteiger partial charge in [0, 0.05) is 18.2 Å². The Kier molecular flexibility index (Phi) is 8.31. The average molecular weight is 412 g/mol. The minimum Gasteiger partial charge on any atom is -0.443 e. The van der Waals surface area contributed by atoms with Gasteiger partial charge in [-0.1, -0.05) is 30.7 Å². The Morgan fingerprint density at radius 1 is 1.14 bits per heavy atom. The fourth-order valence-electron chi connectivity index (χ4n) is 3.34. The molecule has 2 atom stereocenters. The average Bonchev–Trinajstić information content (AvgIpc) is 2.66. The SMILES string of the molecule is CCO[C@H]1C(C(=O)NCc2ccc(Cl)cc2)=C(C)OC(OCC)(OCC)[C@H]1C. The van der Waals surface area contributed by atoms with Crippen molar-refractivity contribution in [1.29, 1.82) is 0 Å². The Labute approximate surface area is 172 Å². The third kappa shape index (κ3) is 5.06. The van der Waals surface area contributed by atoms with Crippen LogP contribution in [0.15, 0.2) is 35.6 Å². The molecule has 6 nitrogen and oxygen atoms in total. The maximum Gasteiger partial charge on any atom is 0.332 e. The van der Waals surface area contributed by atoms with Crippen molar-refractivity contribution in [2.75, 3.05) is 19.8 Å². The van der Waals surface area contributed by atoms with Crippen LogP contribution in [0.3, 0.4) is 0 Å². The molecular weight excluding hydrogens is 382 g/mol. The number of rotatable bonds is 9. The van der Waals surface area contributed by atoms with Gasteiger partial charge in [-0.15, -0.1) is 0 Å². The molecule has 0 aromatic heterocycles. The number of amides is 1. The summed E-state index contributed by atoms with van der Waals surface area (Å²) in [6.07, 6.45) is -0.512. The van der Waals surface area contributed by atoms with Crippen LogP contribution in [0.2, 0.25) is 5.02 Å². The molecule has 1 aromatic rings. The molecule has 1 aromatic carbocycles. The molecule has 1 heterocycles. The third-order valence-corrected chi connectivity index (χ3v) is 4.87. The highest BCUT2D eigenvalue weighted by Gasteiger charge is 2.52. The van der Waals surface area contributed by atoms with E-state index in [1.54, 1.807) is 19.1 Å². The van der Waals surface area contributed by atoms with Crippen molar-refractivity contribution in [2.24, 2.45) is 5.92 Å². The Morgan fingerprint density at radius 3 is 2.29 bits per heavy atom. The van der Waals surface area contributed by atoms with E-state index in [0.717, 1.165) is 5.56 Å². The first-order valence-electron chi connectivity index (χ1n) is 9.70. The van der Waals surface area contributed by atoms with Crippen molar-refractivity contribution in [3.05, 3.63) is 46.2 Å². The van der Waals surface area contributed by atoms with Gasteiger partial charge >= 0.3 is 5.97 Å². The maximum atomic E-state index is 13.0. The summed E-state index contributed by atoms with van der Waals surface area (Å²) in [5.41, 5.74) is 1.41. The number of allylic oxidation sites excluding steroid dienone is 1. The van der Waals surface area contributed by atoms with Crippen LogP contribution in [0.4, 0.5) is 0 Å². The smallest absolute Gasteiger partial charge is 0.332 e. The molecule has 0 radical (unpaired) electrons. The summed E-state index contributed by atoms with van der Waals surface area (Å²) in [5, 5.41) is 3.59. The van der Waals surface area contributed by atoms with Crippen molar-refractivity contribution in [3.63, 3.8) is 0 Å². The predicted molar refractivity (Wildman–Crippen MR) is 108 cm³/mol. The van der Waals surface area contributed by atoms with Gasteiger partial charge in [-0.3, -0.25) is 4.79 Å². The second kappa shape index (κ2) is 10.3. The van der Waals surface area contributed by atoms with Gasteiger partial charge < -0.3 is 24.3 Å². The largest absolute Gasteiger partial charge is 0.443 e. The monoisotopic (exact) mass is 411 g/mol. The number of ether oxygens (including phenoxy) is 4. The van der Waals surface area contributed by atoms with Crippen LogP contribution in [-0.2, 0) is 30.3 Å². The Bertz CT molecular complexity index is 683. The molecule has 0 saturated heterocycles. The Balaban J connectivity index is 2.26. The number of benzene rings is 1. The Hall–Kier alpha value is -1.60. The van der Waals surface area contributed by atoms with E-state index < -0.39 is 12.1 Å². The quantitative estimate of drug-likeness (QED) is 0.621. The van der Waals surface area contributed by atoms with E-state index in [9.17, 15) is 4.79 Å². The zero-order chi connectivity index (χ0) is 20.7. The molecule has 0 spiro atoms. The lowest BCUT2D eigenvalue weighted by Gasteiger charge is -2.45. The van der Waals surface area contributed by atoms with Crippen molar-refractivity contribution in [1.82, 2.24) is 5.32 Å². The third-order valence-electron chi connectivity index (χ3n) is 4.62. The van der Waals surface area contributed by atoms with Gasteiger partial charge in [-0.05, 0) is 45.4 Å². The fraction of sp³-hybridized carbons (Fsp3) is 0.571. The number of carbonyl (C=O) groups is 1. The minimum absolute atomic E-state index is 0.237. The minimum atomic E-state index is -1.27. The molecule has 2 rings (SSSR count). The lowest BCUT2D eigenvalue weighted by atomic mass is 9.90.